The first-order valence-corrected chi connectivity index (χ1v) is 12.1. The molecule has 3 aromatic rings. The van der Waals surface area contributed by atoms with Crippen LogP contribution in [-0.2, 0) is 34.2 Å². The Kier molecular flexibility index (Phi) is 5.53. The molecule has 32 heavy (non-hydrogen) atoms. The van der Waals surface area contributed by atoms with Crippen molar-refractivity contribution < 1.29 is 22.7 Å². The number of benzene rings is 2. The number of hydrogen-bond donors (Lipinski definition) is 2. The first-order valence-electron chi connectivity index (χ1n) is 10.6. The van der Waals surface area contributed by atoms with E-state index in [9.17, 15) is 22.7 Å². The quantitative estimate of drug-likeness (QED) is 0.574. The van der Waals surface area contributed by atoms with Crippen molar-refractivity contribution in [2.45, 2.75) is 51.5 Å². The second kappa shape index (κ2) is 7.92. The number of anilines is 1. The van der Waals surface area contributed by atoms with E-state index >= 15 is 0 Å². The molecule has 6 nitrogen and oxygen atoms in total. The van der Waals surface area contributed by atoms with Gasteiger partial charge in [0.25, 0.3) is 10.0 Å². The number of hydrogen-bond acceptors (Lipinski definition) is 3. The van der Waals surface area contributed by atoms with Crippen LogP contribution >= 0.6 is 0 Å². The lowest BCUT2D eigenvalue weighted by atomic mass is 9.71. The molecule has 1 heterocycles. The zero-order valence-corrected chi connectivity index (χ0v) is 19.2. The fourth-order valence-corrected chi connectivity index (χ4v) is 5.65. The summed E-state index contributed by atoms with van der Waals surface area (Å²) in [5.41, 5.74) is 3.39. The number of rotatable bonds is 5. The van der Waals surface area contributed by atoms with Crippen LogP contribution in [0.1, 0.15) is 38.4 Å². The molecule has 0 saturated carbocycles. The number of fused-ring (bicyclic) bond motifs is 3. The fourth-order valence-electron chi connectivity index (χ4n) is 4.60. The van der Waals surface area contributed by atoms with E-state index in [0.717, 1.165) is 53.6 Å². The SMILES string of the molecule is CC(C)(C)C1CCc2c(c3cc(NS(=O)(=O)c4ccc(F)cc4)ccc3n2CC(=O)O)C1. The van der Waals surface area contributed by atoms with Gasteiger partial charge in [-0.3, -0.25) is 9.52 Å². The van der Waals surface area contributed by atoms with Crippen LogP contribution in [0.5, 0.6) is 0 Å². The molecule has 1 atom stereocenters. The molecule has 1 aliphatic rings. The van der Waals surface area contributed by atoms with Crippen LogP contribution in [0.3, 0.4) is 0 Å². The Labute approximate surface area is 187 Å². The lowest BCUT2D eigenvalue weighted by molar-refractivity contribution is -0.137. The van der Waals surface area contributed by atoms with E-state index < -0.39 is 21.8 Å². The average Bonchev–Trinajstić information content (AvgIpc) is 2.99. The van der Waals surface area contributed by atoms with Gasteiger partial charge in [0.1, 0.15) is 12.4 Å². The van der Waals surface area contributed by atoms with E-state index in [1.165, 1.54) is 12.1 Å². The minimum atomic E-state index is -3.88. The van der Waals surface area contributed by atoms with Crippen LogP contribution in [0.2, 0.25) is 0 Å². The summed E-state index contributed by atoms with van der Waals surface area (Å²) in [6, 6.07) is 9.82. The van der Waals surface area contributed by atoms with Crippen molar-refractivity contribution in [3.8, 4) is 0 Å². The second-order valence-corrected chi connectivity index (χ2v) is 11.2. The van der Waals surface area contributed by atoms with Crippen LogP contribution < -0.4 is 4.72 Å². The van der Waals surface area contributed by atoms with Gasteiger partial charge in [0.2, 0.25) is 0 Å². The Bertz CT molecular complexity index is 1290. The molecule has 1 aliphatic carbocycles. The van der Waals surface area contributed by atoms with Gasteiger partial charge in [-0.15, -0.1) is 0 Å². The molecule has 0 radical (unpaired) electrons. The number of carbonyl (C=O) groups is 1. The highest BCUT2D eigenvalue weighted by atomic mass is 32.2. The summed E-state index contributed by atoms with van der Waals surface area (Å²) in [7, 11) is -3.88. The largest absolute Gasteiger partial charge is 0.480 e. The summed E-state index contributed by atoms with van der Waals surface area (Å²) in [5.74, 6) is -0.979. The third-order valence-electron chi connectivity index (χ3n) is 6.36. The minimum Gasteiger partial charge on any atom is -0.480 e. The van der Waals surface area contributed by atoms with Gasteiger partial charge in [0, 0.05) is 22.3 Å². The van der Waals surface area contributed by atoms with Gasteiger partial charge in [-0.1, -0.05) is 20.8 Å². The lowest BCUT2D eigenvalue weighted by Gasteiger charge is -2.34. The smallest absolute Gasteiger partial charge is 0.323 e. The topological polar surface area (TPSA) is 88.4 Å². The molecule has 0 spiro atoms. The molecule has 0 aliphatic heterocycles. The number of aliphatic carboxylic acids is 1. The number of sulfonamides is 1. The van der Waals surface area contributed by atoms with E-state index in [2.05, 4.69) is 25.5 Å². The monoisotopic (exact) mass is 458 g/mol. The molecular formula is C24H27FN2O4S. The van der Waals surface area contributed by atoms with Crippen molar-refractivity contribution in [3.63, 3.8) is 0 Å². The van der Waals surface area contributed by atoms with Gasteiger partial charge in [0.15, 0.2) is 0 Å². The Morgan fingerprint density at radius 1 is 1.19 bits per heavy atom. The fraction of sp³-hybridized carbons (Fsp3) is 0.375. The van der Waals surface area contributed by atoms with E-state index in [1.54, 1.807) is 18.2 Å². The summed E-state index contributed by atoms with van der Waals surface area (Å²) in [4.78, 5) is 11.5. The van der Waals surface area contributed by atoms with Gasteiger partial charge in [-0.05, 0) is 78.6 Å². The van der Waals surface area contributed by atoms with Gasteiger partial charge in [-0.25, -0.2) is 12.8 Å². The number of nitrogens with zero attached hydrogens (tertiary/aromatic N) is 1. The maximum Gasteiger partial charge on any atom is 0.323 e. The van der Waals surface area contributed by atoms with Gasteiger partial charge in [-0.2, -0.15) is 0 Å². The van der Waals surface area contributed by atoms with E-state index in [4.69, 9.17) is 0 Å². The Morgan fingerprint density at radius 2 is 1.88 bits per heavy atom. The van der Waals surface area contributed by atoms with E-state index in [1.807, 2.05) is 4.57 Å². The van der Waals surface area contributed by atoms with Crippen LogP contribution in [0.15, 0.2) is 47.4 Å². The first-order chi connectivity index (χ1) is 15.0. The molecule has 8 heteroatoms. The maximum atomic E-state index is 13.2. The normalized spacial score (nSPS) is 16.7. The molecule has 1 unspecified atom stereocenters. The van der Waals surface area contributed by atoms with Crippen molar-refractivity contribution in [2.75, 3.05) is 4.72 Å². The standard InChI is InChI=1S/C24H27FN2O4S/c1-24(2,3)15-4-10-21-19(12-15)20-13-17(7-11-22(20)27(21)14-23(28)29)26-32(30,31)18-8-5-16(25)6-9-18/h5-9,11,13,15,26H,4,10,12,14H2,1-3H3,(H,28,29). The van der Waals surface area contributed by atoms with E-state index in [-0.39, 0.29) is 16.9 Å². The van der Waals surface area contributed by atoms with Crippen molar-refractivity contribution in [1.29, 1.82) is 0 Å². The first kappa shape index (κ1) is 22.3. The van der Waals surface area contributed by atoms with Gasteiger partial charge in [0.05, 0.1) is 4.90 Å². The van der Waals surface area contributed by atoms with Crippen LogP contribution in [0.25, 0.3) is 10.9 Å². The Hall–Kier alpha value is -2.87. The molecule has 1 aromatic heterocycles. The molecular weight excluding hydrogens is 431 g/mol. The van der Waals surface area contributed by atoms with Gasteiger partial charge >= 0.3 is 5.97 Å². The highest BCUT2D eigenvalue weighted by Gasteiger charge is 2.32. The van der Waals surface area contributed by atoms with Crippen molar-refractivity contribution in [2.24, 2.45) is 11.3 Å². The molecule has 0 saturated heterocycles. The maximum absolute atomic E-state index is 13.2. The molecule has 0 bridgehead atoms. The lowest BCUT2D eigenvalue weighted by Crippen LogP contribution is -2.27. The predicted molar refractivity (Wildman–Crippen MR) is 122 cm³/mol. The third kappa shape index (κ3) is 4.24. The number of halogens is 1. The highest BCUT2D eigenvalue weighted by Crippen LogP contribution is 2.41. The molecule has 2 N–H and O–H groups in total. The highest BCUT2D eigenvalue weighted by molar-refractivity contribution is 7.92. The number of carboxylic acids is 1. The number of aromatic nitrogens is 1. The Morgan fingerprint density at radius 3 is 2.50 bits per heavy atom. The summed E-state index contributed by atoms with van der Waals surface area (Å²) in [6.07, 6.45) is 2.59. The van der Waals surface area contributed by atoms with Crippen LogP contribution in [-0.4, -0.2) is 24.1 Å². The predicted octanol–water partition coefficient (Wildman–Crippen LogP) is 4.82. The van der Waals surface area contributed by atoms with Crippen molar-refractivity contribution in [3.05, 3.63) is 59.5 Å². The van der Waals surface area contributed by atoms with Crippen molar-refractivity contribution in [1.82, 2.24) is 4.57 Å². The third-order valence-corrected chi connectivity index (χ3v) is 7.76. The summed E-state index contributed by atoms with van der Waals surface area (Å²) in [5, 5.41) is 10.3. The molecule has 4 rings (SSSR count). The van der Waals surface area contributed by atoms with E-state index in [0.29, 0.717) is 11.6 Å². The van der Waals surface area contributed by atoms with Crippen LogP contribution in [0.4, 0.5) is 10.1 Å². The summed E-state index contributed by atoms with van der Waals surface area (Å²) < 4.78 is 43.1. The Balaban J connectivity index is 1.78. The van der Waals surface area contributed by atoms with Gasteiger partial charge < -0.3 is 9.67 Å². The number of carboxylic acid groups (broad SMARTS) is 1. The molecule has 0 fully saturated rings. The molecule has 170 valence electrons. The minimum absolute atomic E-state index is 0.0303. The zero-order valence-electron chi connectivity index (χ0n) is 18.4. The zero-order chi connectivity index (χ0) is 23.3. The number of nitrogens with one attached hydrogen (secondary N) is 1. The molecule has 0 amide bonds. The van der Waals surface area contributed by atoms with Crippen LogP contribution in [0, 0.1) is 17.2 Å². The average molecular weight is 459 g/mol. The summed E-state index contributed by atoms with van der Waals surface area (Å²) >= 11 is 0. The second-order valence-electron chi connectivity index (χ2n) is 9.50. The summed E-state index contributed by atoms with van der Waals surface area (Å²) in [6.45, 7) is 6.50. The molecule has 2 aromatic carbocycles. The van der Waals surface area contributed by atoms with Crippen molar-refractivity contribution >= 4 is 32.6 Å².